The van der Waals surface area contributed by atoms with Crippen molar-refractivity contribution in [2.75, 3.05) is 45.3 Å². The van der Waals surface area contributed by atoms with Crippen LogP contribution in [0.1, 0.15) is 69.8 Å². The maximum atomic E-state index is 13.2. The number of rotatable bonds is 4. The minimum absolute atomic E-state index is 0.213. The third kappa shape index (κ3) is 4.79. The maximum absolute atomic E-state index is 13.2. The Morgan fingerprint density at radius 3 is 2.53 bits per heavy atom. The van der Waals surface area contributed by atoms with Gasteiger partial charge in [-0.3, -0.25) is 9.80 Å². The van der Waals surface area contributed by atoms with Gasteiger partial charge in [-0.05, 0) is 88.1 Å². The van der Waals surface area contributed by atoms with E-state index in [1.807, 2.05) is 25.2 Å². The number of nitrogens with zero attached hydrogens (tertiary/aromatic N) is 6. The van der Waals surface area contributed by atoms with Crippen LogP contribution in [-0.2, 0) is 4.79 Å². The number of nitriles is 1. The molecule has 0 radical (unpaired) electrons. The molecule has 1 aromatic carbocycles. The van der Waals surface area contributed by atoms with E-state index in [4.69, 9.17) is 16.7 Å². The number of carbonyl (C=O) groups excluding carboxylic acids is 1. The fourth-order valence-corrected chi connectivity index (χ4v) is 8.12. The van der Waals surface area contributed by atoms with E-state index in [-0.39, 0.29) is 5.92 Å². The van der Waals surface area contributed by atoms with Crippen LogP contribution >= 0.6 is 11.6 Å². The van der Waals surface area contributed by atoms with Gasteiger partial charge in [0.2, 0.25) is 5.91 Å². The number of carbonyl (C=O) groups is 1. The summed E-state index contributed by atoms with van der Waals surface area (Å²) in [6, 6.07) is 8.64. The molecule has 4 fully saturated rings. The van der Waals surface area contributed by atoms with Crippen molar-refractivity contribution in [3.8, 4) is 6.07 Å². The summed E-state index contributed by atoms with van der Waals surface area (Å²) < 4.78 is 0. The van der Waals surface area contributed by atoms with E-state index in [1.165, 1.54) is 31.5 Å². The molecule has 38 heavy (non-hydrogen) atoms. The zero-order valence-electron chi connectivity index (χ0n) is 22.9. The van der Waals surface area contributed by atoms with Crippen LogP contribution in [0.25, 0.3) is 0 Å². The molecule has 0 aromatic heterocycles. The van der Waals surface area contributed by atoms with Gasteiger partial charge in [0.05, 0.1) is 22.3 Å². The van der Waals surface area contributed by atoms with Gasteiger partial charge >= 0.3 is 0 Å². The topological polar surface area (TPSA) is 66.2 Å². The summed E-state index contributed by atoms with van der Waals surface area (Å²) in [6.45, 7) is 4.16. The molecule has 0 bridgehead atoms. The SMILES string of the molecule is CN1CCC(N(C)C(=O)C2CC3(CCN(C4=NN(c5ccc(C#N)c(Cl)c5)C(C5CCCC5)C4)CC3)C2)C1. The van der Waals surface area contributed by atoms with Gasteiger partial charge in [-0.25, -0.2) is 0 Å². The minimum Gasteiger partial charge on any atom is -0.359 e. The lowest BCUT2D eigenvalue weighted by molar-refractivity contribution is -0.146. The molecule has 2 saturated heterocycles. The van der Waals surface area contributed by atoms with Gasteiger partial charge in [-0.1, -0.05) is 24.4 Å². The Bertz CT molecular complexity index is 1120. The van der Waals surface area contributed by atoms with Gasteiger partial charge in [-0.15, -0.1) is 0 Å². The number of benzene rings is 1. The summed E-state index contributed by atoms with van der Waals surface area (Å²) in [4.78, 5) is 20.0. The molecule has 1 aromatic rings. The molecule has 204 valence electrons. The molecule has 1 spiro atoms. The van der Waals surface area contributed by atoms with Crippen molar-refractivity contribution in [1.82, 2.24) is 14.7 Å². The zero-order chi connectivity index (χ0) is 26.4. The number of halogens is 1. The van der Waals surface area contributed by atoms with Crippen LogP contribution in [0.5, 0.6) is 0 Å². The van der Waals surface area contributed by atoms with Crippen LogP contribution in [0, 0.1) is 28.6 Å². The summed E-state index contributed by atoms with van der Waals surface area (Å²) >= 11 is 6.41. The van der Waals surface area contributed by atoms with E-state index in [2.05, 4.69) is 32.8 Å². The van der Waals surface area contributed by atoms with Gasteiger partial charge in [-0.2, -0.15) is 10.4 Å². The van der Waals surface area contributed by atoms with E-state index in [9.17, 15) is 10.1 Å². The molecule has 6 rings (SSSR count). The monoisotopic (exact) mass is 536 g/mol. The van der Waals surface area contributed by atoms with Crippen LogP contribution in [-0.4, -0.2) is 78.8 Å². The molecule has 3 heterocycles. The fraction of sp³-hybridized carbons (Fsp3) is 0.700. The average molecular weight is 537 g/mol. The molecular formula is C30H41ClN6O. The number of likely N-dealkylation sites (N-methyl/N-ethyl adjacent to an activating group) is 2. The molecule has 2 unspecified atom stereocenters. The number of amidine groups is 1. The summed E-state index contributed by atoms with van der Waals surface area (Å²) in [7, 11) is 4.17. The first-order valence-electron chi connectivity index (χ1n) is 14.6. The summed E-state index contributed by atoms with van der Waals surface area (Å²) in [5.41, 5.74) is 1.85. The Morgan fingerprint density at radius 2 is 1.89 bits per heavy atom. The van der Waals surface area contributed by atoms with E-state index in [0.717, 1.165) is 70.4 Å². The van der Waals surface area contributed by atoms with Crippen molar-refractivity contribution in [2.24, 2.45) is 22.4 Å². The molecule has 7 nitrogen and oxygen atoms in total. The van der Waals surface area contributed by atoms with E-state index in [1.54, 1.807) is 0 Å². The highest BCUT2D eigenvalue weighted by Crippen LogP contribution is 2.53. The minimum atomic E-state index is 0.213. The molecule has 8 heteroatoms. The Balaban J connectivity index is 1.09. The largest absolute Gasteiger partial charge is 0.359 e. The first-order valence-corrected chi connectivity index (χ1v) is 15.0. The van der Waals surface area contributed by atoms with Gasteiger partial charge in [0.25, 0.3) is 0 Å². The molecule has 3 aliphatic heterocycles. The van der Waals surface area contributed by atoms with Gasteiger partial charge in [0.15, 0.2) is 0 Å². The normalized spacial score (nSPS) is 28.0. The molecule has 5 aliphatic rings. The average Bonchev–Trinajstić information content (AvgIpc) is 3.67. The third-order valence-electron chi connectivity index (χ3n) is 10.4. The summed E-state index contributed by atoms with van der Waals surface area (Å²) in [5.74, 6) is 2.44. The van der Waals surface area contributed by atoms with Crippen LogP contribution in [0.3, 0.4) is 0 Å². The number of anilines is 1. The number of likely N-dealkylation sites (tertiary alicyclic amines) is 2. The predicted molar refractivity (Wildman–Crippen MR) is 151 cm³/mol. The van der Waals surface area contributed by atoms with Crippen molar-refractivity contribution >= 4 is 29.0 Å². The number of amides is 1. The maximum Gasteiger partial charge on any atom is 0.225 e. The Hall–Kier alpha value is -2.30. The van der Waals surface area contributed by atoms with E-state index < -0.39 is 0 Å². The fourth-order valence-electron chi connectivity index (χ4n) is 7.90. The third-order valence-corrected chi connectivity index (χ3v) is 10.7. The Morgan fingerprint density at radius 1 is 1.16 bits per heavy atom. The van der Waals surface area contributed by atoms with Crippen molar-refractivity contribution in [3.63, 3.8) is 0 Å². The molecule has 0 N–H and O–H groups in total. The Labute approximate surface area is 232 Å². The first-order chi connectivity index (χ1) is 18.4. The quantitative estimate of drug-likeness (QED) is 0.545. The van der Waals surface area contributed by atoms with Crippen LogP contribution < -0.4 is 5.01 Å². The van der Waals surface area contributed by atoms with Crippen LogP contribution in [0.2, 0.25) is 5.02 Å². The van der Waals surface area contributed by atoms with Crippen molar-refractivity contribution in [2.45, 2.75) is 76.3 Å². The predicted octanol–water partition coefficient (Wildman–Crippen LogP) is 4.95. The van der Waals surface area contributed by atoms with Crippen molar-refractivity contribution in [1.29, 1.82) is 5.26 Å². The van der Waals surface area contributed by atoms with Gasteiger partial charge in [0, 0.05) is 45.1 Å². The second-order valence-electron chi connectivity index (χ2n) is 12.7. The highest BCUT2D eigenvalue weighted by molar-refractivity contribution is 6.32. The van der Waals surface area contributed by atoms with Crippen molar-refractivity contribution < 1.29 is 4.79 Å². The van der Waals surface area contributed by atoms with E-state index in [0.29, 0.717) is 39.9 Å². The highest BCUT2D eigenvalue weighted by atomic mass is 35.5. The lowest BCUT2D eigenvalue weighted by Gasteiger charge is -2.52. The summed E-state index contributed by atoms with van der Waals surface area (Å²) in [6.07, 6.45) is 11.6. The Kier molecular flexibility index (Phi) is 7.07. The number of piperidine rings is 1. The molecule has 1 amide bonds. The van der Waals surface area contributed by atoms with Gasteiger partial charge in [0.1, 0.15) is 11.9 Å². The molecule has 2 atom stereocenters. The number of hydrogen-bond acceptors (Lipinski definition) is 6. The van der Waals surface area contributed by atoms with Crippen LogP contribution in [0.15, 0.2) is 23.3 Å². The number of hydrazone groups is 1. The smallest absolute Gasteiger partial charge is 0.225 e. The number of hydrogen-bond donors (Lipinski definition) is 0. The standard InChI is InChI=1S/C30H41ClN6O/c1-34-12-9-25(20-34)35(2)29(38)23-17-30(18-23)10-13-36(14-11-30)28-16-27(21-5-3-4-6-21)37(33-28)24-8-7-22(19-32)26(31)15-24/h7-8,15,21,23,25,27H,3-6,9-14,16-18,20H2,1-2H3. The second kappa shape index (κ2) is 10.4. The van der Waals surface area contributed by atoms with Crippen LogP contribution in [0.4, 0.5) is 5.69 Å². The first kappa shape index (κ1) is 26.0. The lowest BCUT2D eigenvalue weighted by atomic mass is 9.57. The second-order valence-corrected chi connectivity index (χ2v) is 13.1. The molecule has 2 aliphatic carbocycles. The lowest BCUT2D eigenvalue weighted by Crippen LogP contribution is -2.53. The van der Waals surface area contributed by atoms with Crippen molar-refractivity contribution in [3.05, 3.63) is 28.8 Å². The molecular weight excluding hydrogens is 496 g/mol. The summed E-state index contributed by atoms with van der Waals surface area (Å²) in [5, 5.41) is 17.2. The van der Waals surface area contributed by atoms with Gasteiger partial charge < -0.3 is 14.7 Å². The highest BCUT2D eigenvalue weighted by Gasteiger charge is 2.50. The zero-order valence-corrected chi connectivity index (χ0v) is 23.7. The molecule has 2 saturated carbocycles. The van der Waals surface area contributed by atoms with E-state index >= 15 is 0 Å².